The second-order valence-corrected chi connectivity index (χ2v) is 10.7. The quantitative estimate of drug-likeness (QED) is 0.752. The summed E-state index contributed by atoms with van der Waals surface area (Å²) in [5.41, 5.74) is 0.394. The summed E-state index contributed by atoms with van der Waals surface area (Å²) in [4.78, 5) is 18.0. The first-order valence-electron chi connectivity index (χ1n) is 11.7. The van der Waals surface area contributed by atoms with Gasteiger partial charge in [0.25, 0.3) is 0 Å². The predicted molar refractivity (Wildman–Crippen MR) is 106 cm³/mol. The third-order valence-electron chi connectivity index (χ3n) is 8.83. The molecule has 4 saturated carbocycles. The van der Waals surface area contributed by atoms with Gasteiger partial charge < -0.3 is 14.5 Å². The van der Waals surface area contributed by atoms with Crippen LogP contribution in [0, 0.1) is 23.2 Å². The number of ether oxygens (including phenoxy) is 1. The Morgan fingerprint density at radius 1 is 0.889 bits per heavy atom. The van der Waals surface area contributed by atoms with Gasteiger partial charge >= 0.3 is 0 Å². The fraction of sp³-hybridized carbons (Fsp3) is 0.957. The minimum atomic E-state index is 0.394. The summed E-state index contributed by atoms with van der Waals surface area (Å²) in [7, 11) is 1.84. The molecule has 1 amide bonds. The minimum absolute atomic E-state index is 0.394. The van der Waals surface area contributed by atoms with Crippen LogP contribution in [0.4, 0.5) is 0 Å². The Bertz CT molecular complexity index is 511. The van der Waals surface area contributed by atoms with Crippen molar-refractivity contribution in [1.29, 1.82) is 0 Å². The number of hydrogen-bond acceptors (Lipinski definition) is 3. The highest BCUT2D eigenvalue weighted by Crippen LogP contribution is 2.61. The molecule has 0 aromatic rings. The fourth-order valence-corrected chi connectivity index (χ4v) is 7.90. The van der Waals surface area contributed by atoms with E-state index in [4.69, 9.17) is 4.74 Å². The summed E-state index contributed by atoms with van der Waals surface area (Å²) < 4.78 is 5.51. The first-order chi connectivity index (χ1) is 13.1. The van der Waals surface area contributed by atoms with Crippen LogP contribution in [0.5, 0.6) is 0 Å². The molecule has 4 heteroatoms. The summed E-state index contributed by atoms with van der Waals surface area (Å²) in [6.07, 6.45) is 14.5. The lowest BCUT2D eigenvalue weighted by Gasteiger charge is -2.57. The lowest BCUT2D eigenvalue weighted by Crippen LogP contribution is -2.52. The highest BCUT2D eigenvalue weighted by molar-refractivity contribution is 5.77. The van der Waals surface area contributed by atoms with Crippen LogP contribution in [0.25, 0.3) is 0 Å². The zero-order chi connectivity index (χ0) is 18.4. The summed E-state index contributed by atoms with van der Waals surface area (Å²) in [6, 6.07) is 0.686. The molecule has 4 bridgehead atoms. The van der Waals surface area contributed by atoms with Crippen molar-refractivity contribution in [3.8, 4) is 0 Å². The molecule has 0 spiro atoms. The Kier molecular flexibility index (Phi) is 5.00. The molecule has 2 aliphatic heterocycles. The first-order valence-corrected chi connectivity index (χ1v) is 11.7. The van der Waals surface area contributed by atoms with E-state index < -0.39 is 0 Å². The molecular formula is C23H38N2O2. The molecule has 0 aromatic heterocycles. The van der Waals surface area contributed by atoms with Gasteiger partial charge in [-0.2, -0.15) is 0 Å². The van der Waals surface area contributed by atoms with Crippen molar-refractivity contribution >= 4 is 5.91 Å². The third-order valence-corrected chi connectivity index (χ3v) is 8.83. The Morgan fingerprint density at radius 2 is 1.44 bits per heavy atom. The van der Waals surface area contributed by atoms with Crippen LogP contribution in [-0.2, 0) is 9.53 Å². The summed E-state index contributed by atoms with van der Waals surface area (Å²) in [6.45, 7) is 4.31. The molecule has 6 rings (SSSR count). The molecule has 4 nitrogen and oxygen atoms in total. The maximum atomic E-state index is 13.1. The van der Waals surface area contributed by atoms with Crippen molar-refractivity contribution in [2.24, 2.45) is 23.2 Å². The van der Waals surface area contributed by atoms with Crippen molar-refractivity contribution in [1.82, 2.24) is 9.80 Å². The molecule has 4 aliphatic carbocycles. The van der Waals surface area contributed by atoms with E-state index in [1.54, 1.807) is 0 Å². The average molecular weight is 375 g/mol. The fourth-order valence-electron chi connectivity index (χ4n) is 7.90. The Morgan fingerprint density at radius 3 is 1.96 bits per heavy atom. The lowest BCUT2D eigenvalue weighted by molar-refractivity contribution is -0.141. The highest BCUT2D eigenvalue weighted by Gasteiger charge is 2.51. The van der Waals surface area contributed by atoms with Crippen LogP contribution in [0.3, 0.4) is 0 Å². The SMILES string of the molecule is COC1CCN(C2CCN(C(=O)CC34CC5CC(CC(C5)C3)C4)CC2)CC1. The normalized spacial score (nSPS) is 40.6. The Labute approximate surface area is 165 Å². The average Bonchev–Trinajstić information content (AvgIpc) is 2.67. The number of likely N-dealkylation sites (tertiary alicyclic amines) is 2. The molecule has 0 unspecified atom stereocenters. The van der Waals surface area contributed by atoms with Gasteiger partial charge in [-0.15, -0.1) is 0 Å². The molecule has 2 heterocycles. The monoisotopic (exact) mass is 374 g/mol. The Balaban J connectivity index is 1.12. The molecule has 0 atom stereocenters. The van der Waals surface area contributed by atoms with Crippen molar-refractivity contribution in [3.05, 3.63) is 0 Å². The van der Waals surface area contributed by atoms with E-state index in [0.29, 0.717) is 23.5 Å². The van der Waals surface area contributed by atoms with Crippen molar-refractivity contribution in [2.75, 3.05) is 33.3 Å². The number of carbonyl (C=O) groups excluding carboxylic acids is 1. The first kappa shape index (κ1) is 18.4. The van der Waals surface area contributed by atoms with E-state index in [0.717, 1.165) is 37.3 Å². The smallest absolute Gasteiger partial charge is 0.223 e. The van der Waals surface area contributed by atoms with Crippen LogP contribution in [0.2, 0.25) is 0 Å². The van der Waals surface area contributed by atoms with Crippen LogP contribution >= 0.6 is 0 Å². The second kappa shape index (κ2) is 7.33. The van der Waals surface area contributed by atoms with Gasteiger partial charge in [-0.3, -0.25) is 4.79 Å². The van der Waals surface area contributed by atoms with E-state index >= 15 is 0 Å². The van der Waals surface area contributed by atoms with Gasteiger partial charge in [0, 0.05) is 45.8 Å². The number of piperidine rings is 2. The topological polar surface area (TPSA) is 32.8 Å². The predicted octanol–water partition coefficient (Wildman–Crippen LogP) is 3.69. The number of nitrogens with zero attached hydrogens (tertiary/aromatic N) is 2. The van der Waals surface area contributed by atoms with E-state index in [2.05, 4.69) is 9.80 Å². The third kappa shape index (κ3) is 3.69. The van der Waals surface area contributed by atoms with Gasteiger partial charge in [-0.05, 0) is 87.4 Å². The van der Waals surface area contributed by atoms with Gasteiger partial charge in [0.15, 0.2) is 0 Å². The molecule has 0 radical (unpaired) electrons. The van der Waals surface area contributed by atoms with Gasteiger partial charge in [0.1, 0.15) is 0 Å². The molecule has 2 saturated heterocycles. The summed E-state index contributed by atoms with van der Waals surface area (Å²) in [5, 5.41) is 0. The molecular weight excluding hydrogens is 336 g/mol. The minimum Gasteiger partial charge on any atom is -0.381 e. The highest BCUT2D eigenvalue weighted by atomic mass is 16.5. The zero-order valence-electron chi connectivity index (χ0n) is 17.2. The molecule has 0 N–H and O–H groups in total. The van der Waals surface area contributed by atoms with E-state index in [1.807, 2.05) is 7.11 Å². The molecule has 152 valence electrons. The zero-order valence-corrected chi connectivity index (χ0v) is 17.2. The number of carbonyl (C=O) groups is 1. The van der Waals surface area contributed by atoms with Gasteiger partial charge in [0.05, 0.1) is 6.10 Å². The largest absolute Gasteiger partial charge is 0.381 e. The van der Waals surface area contributed by atoms with E-state index in [9.17, 15) is 4.79 Å². The number of methoxy groups -OCH3 is 1. The van der Waals surface area contributed by atoms with Crippen LogP contribution in [0.15, 0.2) is 0 Å². The molecule has 6 fully saturated rings. The van der Waals surface area contributed by atoms with Crippen molar-refractivity contribution in [3.63, 3.8) is 0 Å². The standard InChI is InChI=1S/C23H38N2O2/c1-27-21-4-8-24(9-5-21)20-2-6-25(7-3-20)22(26)16-23-13-17-10-18(14-23)12-19(11-17)15-23/h17-21H,2-16H2,1H3. The number of hydrogen-bond donors (Lipinski definition) is 0. The second-order valence-electron chi connectivity index (χ2n) is 10.7. The molecule has 6 aliphatic rings. The maximum absolute atomic E-state index is 13.1. The van der Waals surface area contributed by atoms with Crippen LogP contribution < -0.4 is 0 Å². The molecule has 27 heavy (non-hydrogen) atoms. The number of rotatable bonds is 4. The van der Waals surface area contributed by atoms with Gasteiger partial charge in [-0.25, -0.2) is 0 Å². The van der Waals surface area contributed by atoms with Gasteiger partial charge in [0.2, 0.25) is 5.91 Å². The van der Waals surface area contributed by atoms with Crippen LogP contribution in [-0.4, -0.2) is 61.1 Å². The summed E-state index contributed by atoms with van der Waals surface area (Å²) >= 11 is 0. The van der Waals surface area contributed by atoms with Gasteiger partial charge in [-0.1, -0.05) is 0 Å². The maximum Gasteiger partial charge on any atom is 0.223 e. The molecule has 0 aromatic carbocycles. The Hall–Kier alpha value is -0.610. The van der Waals surface area contributed by atoms with Crippen molar-refractivity contribution < 1.29 is 9.53 Å². The van der Waals surface area contributed by atoms with Crippen molar-refractivity contribution in [2.45, 2.75) is 82.8 Å². The number of amides is 1. The van der Waals surface area contributed by atoms with E-state index in [-0.39, 0.29) is 0 Å². The summed E-state index contributed by atoms with van der Waals surface area (Å²) in [5.74, 6) is 3.33. The van der Waals surface area contributed by atoms with E-state index in [1.165, 1.54) is 77.3 Å². The van der Waals surface area contributed by atoms with Crippen LogP contribution in [0.1, 0.15) is 70.6 Å². The lowest BCUT2D eigenvalue weighted by atomic mass is 9.49.